The maximum atomic E-state index is 13.4. The first-order chi connectivity index (χ1) is 12.6. The first-order valence-corrected chi connectivity index (χ1v) is 8.88. The van der Waals surface area contributed by atoms with Gasteiger partial charge in [0.15, 0.2) is 0 Å². The van der Waals surface area contributed by atoms with Crippen LogP contribution in [-0.2, 0) is 13.0 Å². The van der Waals surface area contributed by atoms with Gasteiger partial charge in [0.05, 0.1) is 11.7 Å². The molecule has 5 nitrogen and oxygen atoms in total. The molecule has 1 unspecified atom stereocenters. The van der Waals surface area contributed by atoms with Crippen molar-refractivity contribution >= 4 is 5.95 Å². The molecule has 0 spiro atoms. The monoisotopic (exact) mass is 346 g/mol. The van der Waals surface area contributed by atoms with Gasteiger partial charge in [0.1, 0.15) is 0 Å². The lowest BCUT2D eigenvalue weighted by Gasteiger charge is -2.27. The summed E-state index contributed by atoms with van der Waals surface area (Å²) in [4.78, 5) is 17.9. The molecule has 2 heterocycles. The molecule has 0 amide bonds. The van der Waals surface area contributed by atoms with Crippen LogP contribution in [0.1, 0.15) is 35.3 Å². The van der Waals surface area contributed by atoms with Crippen LogP contribution in [0.15, 0.2) is 65.5 Å². The van der Waals surface area contributed by atoms with Crippen molar-refractivity contribution in [1.29, 1.82) is 0 Å². The first kappa shape index (κ1) is 16.5. The summed E-state index contributed by atoms with van der Waals surface area (Å²) in [6, 6.07) is 19.9. The van der Waals surface area contributed by atoms with Crippen LogP contribution >= 0.6 is 0 Å². The number of fused-ring (bicyclic) bond motifs is 1. The summed E-state index contributed by atoms with van der Waals surface area (Å²) in [6.45, 7) is 2.66. The average molecular weight is 346 g/mol. The van der Waals surface area contributed by atoms with Crippen molar-refractivity contribution in [1.82, 2.24) is 14.9 Å². The van der Waals surface area contributed by atoms with E-state index in [1.807, 2.05) is 60.7 Å². The van der Waals surface area contributed by atoms with E-state index in [0.29, 0.717) is 13.0 Å². The zero-order valence-corrected chi connectivity index (χ0v) is 14.7. The summed E-state index contributed by atoms with van der Waals surface area (Å²) in [5.41, 5.74) is 9.79. The molecule has 3 N–H and O–H groups in total. The summed E-state index contributed by atoms with van der Waals surface area (Å²) in [6.07, 6.45) is 0.664. The third kappa shape index (κ3) is 2.91. The van der Waals surface area contributed by atoms with E-state index < -0.39 is 0 Å². The lowest BCUT2D eigenvalue weighted by atomic mass is 9.97. The van der Waals surface area contributed by atoms with Gasteiger partial charge in [-0.3, -0.25) is 9.36 Å². The van der Waals surface area contributed by atoms with Gasteiger partial charge in [0.2, 0.25) is 5.95 Å². The van der Waals surface area contributed by atoms with Crippen LogP contribution in [0.2, 0.25) is 0 Å². The number of hydrogen-bond acceptors (Lipinski definition) is 4. The van der Waals surface area contributed by atoms with Crippen molar-refractivity contribution in [2.45, 2.75) is 32.0 Å². The zero-order chi connectivity index (χ0) is 18.1. The molecule has 0 radical (unpaired) electrons. The van der Waals surface area contributed by atoms with Crippen molar-refractivity contribution in [3.8, 4) is 0 Å². The van der Waals surface area contributed by atoms with Gasteiger partial charge < -0.3 is 11.1 Å². The van der Waals surface area contributed by atoms with Crippen LogP contribution in [-0.4, -0.2) is 15.6 Å². The minimum Gasteiger partial charge on any atom is -0.369 e. The zero-order valence-electron chi connectivity index (χ0n) is 14.7. The number of hydrogen-bond donors (Lipinski definition) is 2. The van der Waals surface area contributed by atoms with E-state index in [0.717, 1.165) is 22.4 Å². The lowest BCUT2D eigenvalue weighted by molar-refractivity contribution is 0.490. The van der Waals surface area contributed by atoms with Crippen molar-refractivity contribution in [3.05, 3.63) is 93.4 Å². The number of anilines is 1. The van der Waals surface area contributed by atoms with Gasteiger partial charge in [-0.2, -0.15) is 0 Å². The van der Waals surface area contributed by atoms with Gasteiger partial charge >= 0.3 is 0 Å². The van der Waals surface area contributed by atoms with E-state index in [1.54, 1.807) is 4.57 Å². The Kier molecular flexibility index (Phi) is 4.31. The maximum Gasteiger partial charge on any atom is 0.259 e. The Hall–Kier alpha value is -2.92. The molecule has 26 heavy (non-hydrogen) atoms. The summed E-state index contributed by atoms with van der Waals surface area (Å²) < 4.78 is 1.64. The van der Waals surface area contributed by atoms with E-state index in [1.165, 1.54) is 0 Å². The topological polar surface area (TPSA) is 72.9 Å². The minimum absolute atomic E-state index is 0.0430. The van der Waals surface area contributed by atoms with E-state index in [4.69, 9.17) is 5.73 Å². The summed E-state index contributed by atoms with van der Waals surface area (Å²) >= 11 is 0. The second kappa shape index (κ2) is 6.77. The Bertz CT molecular complexity index is 927. The highest BCUT2D eigenvalue weighted by Gasteiger charge is 2.26. The molecule has 132 valence electrons. The molecule has 0 saturated heterocycles. The van der Waals surface area contributed by atoms with E-state index in [9.17, 15) is 4.79 Å². The number of nitrogen functional groups attached to an aromatic ring is 1. The fourth-order valence-corrected chi connectivity index (χ4v) is 3.64. The molecule has 0 fully saturated rings. The lowest BCUT2D eigenvalue weighted by Crippen LogP contribution is -2.41. The smallest absolute Gasteiger partial charge is 0.259 e. The number of nitrogens with two attached hydrogens (primary N) is 1. The Labute approximate surface area is 152 Å². The Morgan fingerprint density at radius 3 is 2.23 bits per heavy atom. The van der Waals surface area contributed by atoms with Gasteiger partial charge in [-0.25, -0.2) is 4.98 Å². The average Bonchev–Trinajstić information content (AvgIpc) is 2.67. The van der Waals surface area contributed by atoms with Gasteiger partial charge in [-0.15, -0.1) is 0 Å². The number of aromatic nitrogens is 2. The molecule has 1 aromatic heterocycles. The van der Waals surface area contributed by atoms with Crippen molar-refractivity contribution in [3.63, 3.8) is 0 Å². The number of nitrogens with zero attached hydrogens (tertiary/aromatic N) is 2. The molecule has 5 heteroatoms. The second-order valence-electron chi connectivity index (χ2n) is 6.78. The Balaban J connectivity index is 1.95. The van der Waals surface area contributed by atoms with Gasteiger partial charge in [-0.1, -0.05) is 60.7 Å². The normalized spacial score (nSPS) is 16.5. The fraction of sp³-hybridized carbons (Fsp3) is 0.238. The van der Waals surface area contributed by atoms with Crippen LogP contribution < -0.4 is 16.6 Å². The second-order valence-corrected chi connectivity index (χ2v) is 6.78. The van der Waals surface area contributed by atoms with Crippen molar-refractivity contribution in [2.24, 2.45) is 0 Å². The maximum absolute atomic E-state index is 13.4. The number of rotatable bonds is 3. The van der Waals surface area contributed by atoms with Crippen molar-refractivity contribution < 1.29 is 0 Å². The predicted molar refractivity (Wildman–Crippen MR) is 103 cm³/mol. The molecule has 3 aromatic rings. The highest BCUT2D eigenvalue weighted by atomic mass is 16.1. The highest BCUT2D eigenvalue weighted by molar-refractivity contribution is 5.38. The standard InChI is InChI=1S/C21H22N4O/c1-14-12-17-18(13-23-14)24-21(22)25(20(17)26)19(15-8-4-2-5-9-15)16-10-6-3-7-11-16/h2-11,14,19,23H,12-13H2,1H3,(H2,22,24). The molecule has 2 aromatic carbocycles. The molecule has 0 aliphatic carbocycles. The Morgan fingerprint density at radius 2 is 1.65 bits per heavy atom. The Morgan fingerprint density at radius 1 is 1.08 bits per heavy atom. The SMILES string of the molecule is CC1Cc2c(nc(N)n(C(c3ccccc3)c3ccccc3)c2=O)CN1. The molecule has 0 bridgehead atoms. The number of benzene rings is 2. The van der Waals surface area contributed by atoms with Gasteiger partial charge in [0, 0.05) is 18.2 Å². The van der Waals surface area contributed by atoms with Crippen LogP contribution in [0, 0.1) is 0 Å². The molecule has 1 atom stereocenters. The molecular weight excluding hydrogens is 324 g/mol. The molecule has 0 saturated carbocycles. The van der Waals surface area contributed by atoms with Crippen LogP contribution in [0.5, 0.6) is 0 Å². The van der Waals surface area contributed by atoms with E-state index >= 15 is 0 Å². The largest absolute Gasteiger partial charge is 0.369 e. The van der Waals surface area contributed by atoms with Gasteiger partial charge in [0.25, 0.3) is 5.56 Å². The van der Waals surface area contributed by atoms with Crippen LogP contribution in [0.3, 0.4) is 0 Å². The highest BCUT2D eigenvalue weighted by Crippen LogP contribution is 2.27. The van der Waals surface area contributed by atoms with Crippen molar-refractivity contribution in [2.75, 3.05) is 5.73 Å². The van der Waals surface area contributed by atoms with Crippen LogP contribution in [0.25, 0.3) is 0 Å². The van der Waals surface area contributed by atoms with E-state index in [-0.39, 0.29) is 23.6 Å². The summed E-state index contributed by atoms with van der Waals surface area (Å²) in [7, 11) is 0. The third-order valence-electron chi connectivity index (χ3n) is 4.94. The minimum atomic E-state index is -0.298. The molecule has 4 rings (SSSR count). The van der Waals surface area contributed by atoms with E-state index in [2.05, 4.69) is 17.2 Å². The quantitative estimate of drug-likeness (QED) is 0.764. The summed E-state index contributed by atoms with van der Waals surface area (Å²) in [5, 5.41) is 3.34. The predicted octanol–water partition coefficient (Wildman–Crippen LogP) is 2.50. The molecule has 1 aliphatic rings. The van der Waals surface area contributed by atoms with Gasteiger partial charge in [-0.05, 0) is 24.5 Å². The molecule has 1 aliphatic heterocycles. The first-order valence-electron chi connectivity index (χ1n) is 8.88. The van der Waals surface area contributed by atoms with Crippen LogP contribution in [0.4, 0.5) is 5.95 Å². The fourth-order valence-electron chi connectivity index (χ4n) is 3.64. The third-order valence-corrected chi connectivity index (χ3v) is 4.94. The summed E-state index contributed by atoms with van der Waals surface area (Å²) in [5.74, 6) is 0.253. The number of nitrogens with one attached hydrogen (secondary N) is 1. The molecular formula is C21H22N4O.